The first-order chi connectivity index (χ1) is 9.50. The maximum Gasteiger partial charge on any atom is 0.342 e. The van der Waals surface area contributed by atoms with E-state index in [4.69, 9.17) is 9.84 Å². The Morgan fingerprint density at radius 2 is 1.65 bits per heavy atom. The number of carboxylic acids is 1. The molecule has 0 aliphatic carbocycles. The first-order valence-electron chi connectivity index (χ1n) is 5.83. The summed E-state index contributed by atoms with van der Waals surface area (Å²) in [5.74, 6) is -2.69. The fourth-order valence-electron chi connectivity index (χ4n) is 1.30. The lowest BCUT2D eigenvalue weighted by Gasteiger charge is -2.07. The molecule has 2 N–H and O–H groups in total. The lowest BCUT2D eigenvalue weighted by molar-refractivity contribution is -0.148. The lowest BCUT2D eigenvalue weighted by atomic mass is 10.2. The summed E-state index contributed by atoms with van der Waals surface area (Å²) in [5.41, 5.74) is 0.0182. The minimum atomic E-state index is -1.09. The molecular weight excluding hydrogens is 268 g/mol. The summed E-state index contributed by atoms with van der Waals surface area (Å²) in [4.78, 5) is 32.8. The molecule has 0 saturated carbocycles. The van der Waals surface area contributed by atoms with Gasteiger partial charge in [0.15, 0.2) is 0 Å². The second-order valence-electron chi connectivity index (χ2n) is 3.77. The third kappa shape index (κ3) is 5.38. The van der Waals surface area contributed by atoms with Gasteiger partial charge in [-0.15, -0.1) is 0 Å². The molecule has 0 aliphatic rings. The number of para-hydroxylation sites is 1. The Hall–Kier alpha value is -2.57. The van der Waals surface area contributed by atoms with Gasteiger partial charge in [-0.3, -0.25) is 9.59 Å². The monoisotopic (exact) mass is 282 g/mol. The van der Waals surface area contributed by atoms with Crippen molar-refractivity contribution in [3.8, 4) is 5.75 Å². The smallest absolute Gasteiger partial charge is 0.342 e. The van der Waals surface area contributed by atoms with Crippen molar-refractivity contribution in [3.63, 3.8) is 0 Å². The first-order valence-corrected chi connectivity index (χ1v) is 5.83. The van der Waals surface area contributed by atoms with Crippen molar-refractivity contribution in [2.45, 2.75) is 12.8 Å². The molecular formula is C13H14O7. The normalized spacial score (nSPS) is 9.80. The van der Waals surface area contributed by atoms with Crippen molar-refractivity contribution in [2.24, 2.45) is 0 Å². The van der Waals surface area contributed by atoms with Gasteiger partial charge in [-0.2, -0.15) is 0 Å². The van der Waals surface area contributed by atoms with Crippen LogP contribution in [-0.2, 0) is 19.1 Å². The van der Waals surface area contributed by atoms with Gasteiger partial charge in [0.05, 0.1) is 12.8 Å². The number of phenols is 1. The van der Waals surface area contributed by atoms with Crippen molar-refractivity contribution < 1.29 is 34.1 Å². The Kier molecular flexibility index (Phi) is 6.02. The number of carboxylic acid groups (broad SMARTS) is 1. The van der Waals surface area contributed by atoms with Crippen molar-refractivity contribution in [2.75, 3.05) is 13.2 Å². The van der Waals surface area contributed by atoms with Gasteiger partial charge in [-0.05, 0) is 12.1 Å². The second kappa shape index (κ2) is 7.78. The molecule has 0 heterocycles. The van der Waals surface area contributed by atoms with E-state index < -0.39 is 17.9 Å². The van der Waals surface area contributed by atoms with E-state index in [1.54, 1.807) is 12.1 Å². The number of carbonyl (C=O) groups excluding carboxylic acids is 2. The number of ether oxygens (including phenoxy) is 2. The summed E-state index contributed by atoms with van der Waals surface area (Å²) in [6.45, 7) is -0.343. The number of phenolic OH excluding ortho intramolecular Hbond substituents is 1. The van der Waals surface area contributed by atoms with Crippen molar-refractivity contribution >= 4 is 17.9 Å². The van der Waals surface area contributed by atoms with Crippen LogP contribution in [0.4, 0.5) is 0 Å². The molecule has 1 aromatic carbocycles. The third-order valence-electron chi connectivity index (χ3n) is 2.25. The van der Waals surface area contributed by atoms with Gasteiger partial charge in [0.1, 0.15) is 24.5 Å². The first kappa shape index (κ1) is 15.5. The number of aromatic hydroxyl groups is 1. The lowest BCUT2D eigenvalue weighted by Crippen LogP contribution is -2.14. The van der Waals surface area contributed by atoms with Crippen LogP contribution < -0.4 is 0 Å². The molecule has 0 atom stereocenters. The van der Waals surface area contributed by atoms with E-state index in [2.05, 4.69) is 4.74 Å². The Bertz CT molecular complexity index is 495. The summed E-state index contributed by atoms with van der Waals surface area (Å²) in [6, 6.07) is 5.89. The number of rotatable bonds is 7. The minimum Gasteiger partial charge on any atom is -0.507 e. The topological polar surface area (TPSA) is 110 Å². The number of aliphatic carboxylic acids is 1. The largest absolute Gasteiger partial charge is 0.507 e. The standard InChI is InChI=1S/C13H14O7/c14-10-4-2-1-3-9(10)13(18)20-8-7-19-12(17)6-5-11(15)16/h1-4,14H,5-8H2,(H,15,16). The van der Waals surface area contributed by atoms with Gasteiger partial charge in [-0.1, -0.05) is 12.1 Å². The number of hydrogen-bond acceptors (Lipinski definition) is 6. The van der Waals surface area contributed by atoms with Crippen LogP contribution in [0.3, 0.4) is 0 Å². The van der Waals surface area contributed by atoms with Crippen LogP contribution in [0.1, 0.15) is 23.2 Å². The van der Waals surface area contributed by atoms with Gasteiger partial charge in [-0.25, -0.2) is 4.79 Å². The quantitative estimate of drug-likeness (QED) is 0.566. The zero-order valence-corrected chi connectivity index (χ0v) is 10.6. The number of benzene rings is 1. The Morgan fingerprint density at radius 3 is 2.30 bits per heavy atom. The Morgan fingerprint density at radius 1 is 1.00 bits per heavy atom. The maximum absolute atomic E-state index is 11.5. The molecule has 108 valence electrons. The summed E-state index contributed by atoms with van der Waals surface area (Å²) >= 11 is 0. The fraction of sp³-hybridized carbons (Fsp3) is 0.308. The highest BCUT2D eigenvalue weighted by Gasteiger charge is 2.12. The zero-order chi connectivity index (χ0) is 15.0. The van der Waals surface area contributed by atoms with E-state index in [1.807, 2.05) is 0 Å². The van der Waals surface area contributed by atoms with Crippen molar-refractivity contribution in [1.29, 1.82) is 0 Å². The summed E-state index contributed by atoms with van der Waals surface area (Å²) in [7, 11) is 0. The molecule has 20 heavy (non-hydrogen) atoms. The molecule has 1 rings (SSSR count). The molecule has 0 amide bonds. The van der Waals surface area contributed by atoms with E-state index in [0.717, 1.165) is 0 Å². The van der Waals surface area contributed by atoms with Crippen LogP contribution in [0.5, 0.6) is 5.75 Å². The molecule has 7 heteroatoms. The highest BCUT2D eigenvalue weighted by molar-refractivity contribution is 5.92. The predicted octanol–water partition coefficient (Wildman–Crippen LogP) is 0.957. The maximum atomic E-state index is 11.5. The molecule has 0 spiro atoms. The third-order valence-corrected chi connectivity index (χ3v) is 2.25. The molecule has 0 unspecified atom stereocenters. The van der Waals surface area contributed by atoms with Gasteiger partial charge < -0.3 is 19.7 Å². The highest BCUT2D eigenvalue weighted by Crippen LogP contribution is 2.16. The van der Waals surface area contributed by atoms with E-state index >= 15 is 0 Å². The van der Waals surface area contributed by atoms with Gasteiger partial charge in [0.25, 0.3) is 0 Å². The number of hydrogen-bond donors (Lipinski definition) is 2. The molecule has 1 aromatic rings. The number of carbonyl (C=O) groups is 3. The van der Waals surface area contributed by atoms with Crippen LogP contribution in [0.25, 0.3) is 0 Å². The zero-order valence-electron chi connectivity index (χ0n) is 10.6. The van der Waals surface area contributed by atoms with E-state index in [0.29, 0.717) is 0 Å². The second-order valence-corrected chi connectivity index (χ2v) is 3.77. The summed E-state index contributed by atoms with van der Waals surface area (Å²) in [6.07, 6.45) is -0.542. The van der Waals surface area contributed by atoms with Crippen LogP contribution in [0.15, 0.2) is 24.3 Å². The van der Waals surface area contributed by atoms with Crippen LogP contribution in [0.2, 0.25) is 0 Å². The van der Waals surface area contributed by atoms with Crippen molar-refractivity contribution in [1.82, 2.24) is 0 Å². The highest BCUT2D eigenvalue weighted by atomic mass is 16.6. The minimum absolute atomic E-state index is 0.0182. The van der Waals surface area contributed by atoms with Crippen molar-refractivity contribution in [3.05, 3.63) is 29.8 Å². The Balaban J connectivity index is 2.25. The summed E-state index contributed by atoms with van der Waals surface area (Å²) < 4.78 is 9.46. The molecule has 0 aromatic heterocycles. The van der Waals surface area contributed by atoms with E-state index in [-0.39, 0.29) is 37.4 Å². The number of esters is 2. The van der Waals surface area contributed by atoms with Gasteiger partial charge in [0.2, 0.25) is 0 Å². The fourth-order valence-corrected chi connectivity index (χ4v) is 1.30. The molecule has 0 aliphatic heterocycles. The molecule has 0 bridgehead atoms. The summed E-state index contributed by atoms with van der Waals surface area (Å²) in [5, 5.41) is 17.8. The molecule has 0 fully saturated rings. The van der Waals surface area contributed by atoms with Crippen LogP contribution in [-0.4, -0.2) is 41.3 Å². The predicted molar refractivity (Wildman–Crippen MR) is 66.2 cm³/mol. The molecule has 0 saturated heterocycles. The van der Waals surface area contributed by atoms with Crippen LogP contribution in [0, 0.1) is 0 Å². The van der Waals surface area contributed by atoms with E-state index in [1.165, 1.54) is 12.1 Å². The van der Waals surface area contributed by atoms with Crippen LogP contribution >= 0.6 is 0 Å². The van der Waals surface area contributed by atoms with Gasteiger partial charge >= 0.3 is 17.9 Å². The average molecular weight is 282 g/mol. The van der Waals surface area contributed by atoms with Gasteiger partial charge in [0, 0.05) is 0 Å². The average Bonchev–Trinajstić information content (AvgIpc) is 2.41. The van der Waals surface area contributed by atoms with E-state index in [9.17, 15) is 19.5 Å². The SMILES string of the molecule is O=C(O)CCC(=O)OCCOC(=O)c1ccccc1O. The molecule has 0 radical (unpaired) electrons. The Labute approximate surface area is 114 Å². The molecule has 7 nitrogen and oxygen atoms in total.